The molecule has 312 valence electrons. The number of unbranched alkanes of at least 4 members (excludes halogenated alkanes) is 17. The first-order valence-electron chi connectivity index (χ1n) is 20.4. The molecule has 0 heterocycles. The van der Waals surface area contributed by atoms with Gasteiger partial charge in [0.05, 0.1) is 31.3 Å². The summed E-state index contributed by atoms with van der Waals surface area (Å²) in [5.41, 5.74) is 0. The third-order valence-electron chi connectivity index (χ3n) is 9.79. The van der Waals surface area contributed by atoms with Gasteiger partial charge in [0.1, 0.15) is 36.6 Å². The van der Waals surface area contributed by atoms with E-state index in [0.29, 0.717) is 12.8 Å². The number of allylic oxidation sites excluding steroid dienone is 3. The van der Waals surface area contributed by atoms with E-state index in [1.54, 1.807) is 6.08 Å². The molecular formula is C39H74NO12P. The van der Waals surface area contributed by atoms with Crippen molar-refractivity contribution in [1.29, 1.82) is 0 Å². The van der Waals surface area contributed by atoms with Crippen LogP contribution in [0.5, 0.6) is 0 Å². The Hall–Kier alpha value is -1.22. The summed E-state index contributed by atoms with van der Waals surface area (Å²) in [6, 6.07) is -1.25. The minimum Gasteiger partial charge on any atom is -0.393 e. The third-order valence-corrected chi connectivity index (χ3v) is 10.8. The molecule has 1 aliphatic carbocycles. The van der Waals surface area contributed by atoms with Crippen LogP contribution in [0.2, 0.25) is 0 Å². The quantitative estimate of drug-likeness (QED) is 0.0243. The predicted octanol–water partition coefficient (Wildman–Crippen LogP) is 5.25. The molecule has 0 saturated heterocycles. The van der Waals surface area contributed by atoms with Gasteiger partial charge in [-0.15, -0.1) is 0 Å². The van der Waals surface area contributed by atoms with Crippen LogP contribution in [0.3, 0.4) is 0 Å². The average molecular weight is 780 g/mol. The van der Waals surface area contributed by atoms with Crippen LogP contribution in [0.15, 0.2) is 24.3 Å². The van der Waals surface area contributed by atoms with Gasteiger partial charge in [0.25, 0.3) is 0 Å². The molecule has 0 aromatic rings. The molecule has 1 rings (SSSR count). The van der Waals surface area contributed by atoms with E-state index in [4.69, 9.17) is 9.05 Å². The fourth-order valence-corrected chi connectivity index (χ4v) is 7.34. The summed E-state index contributed by atoms with van der Waals surface area (Å²) in [6.45, 7) is 3.66. The van der Waals surface area contributed by atoms with Crippen LogP contribution >= 0.6 is 7.82 Å². The largest absolute Gasteiger partial charge is 0.472 e. The van der Waals surface area contributed by atoms with E-state index in [9.17, 15) is 50.0 Å². The molecule has 0 bridgehead atoms. The number of hydrogen-bond acceptors (Lipinski definition) is 11. The Labute approximate surface area is 318 Å². The van der Waals surface area contributed by atoms with E-state index < -0.39 is 75.2 Å². The number of hydrogen-bond donors (Lipinski definition) is 9. The molecule has 53 heavy (non-hydrogen) atoms. The second kappa shape index (κ2) is 30.0. The lowest BCUT2D eigenvalue weighted by Gasteiger charge is -2.41. The molecule has 0 aromatic heterocycles. The molecule has 1 saturated carbocycles. The Balaban J connectivity index is 2.65. The van der Waals surface area contributed by atoms with Crippen LogP contribution in [-0.4, -0.2) is 108 Å². The standard InChI is InChI=1S/C39H74NO12P/c1-3-5-7-9-11-13-15-17-18-20-22-24-26-30(41)28-33(43)40-31(32(42)27-25-23-21-19-16-14-12-10-8-6-4-2)29-51-53(49,50)52-39-37(47)35(45)34(44)36(46)38(39)48/h16,19,25,27,30-32,34-39,41-42,44-48H,3-15,17-18,20-24,26,28-29H2,1-2H3,(H,40,43)(H,49,50)/b19-16+,27-25+. The highest BCUT2D eigenvalue weighted by atomic mass is 31.2. The van der Waals surface area contributed by atoms with Gasteiger partial charge in [0, 0.05) is 0 Å². The topological polar surface area (TPSA) is 226 Å². The molecule has 8 atom stereocenters. The lowest BCUT2D eigenvalue weighted by Crippen LogP contribution is -2.64. The second-order valence-electron chi connectivity index (χ2n) is 14.7. The number of carbonyl (C=O) groups excluding carboxylic acids is 1. The van der Waals surface area contributed by atoms with E-state index >= 15 is 0 Å². The fourth-order valence-electron chi connectivity index (χ4n) is 6.37. The first-order valence-corrected chi connectivity index (χ1v) is 21.9. The Morgan fingerprint density at radius 3 is 1.66 bits per heavy atom. The van der Waals surface area contributed by atoms with Crippen molar-refractivity contribution >= 4 is 13.7 Å². The maximum Gasteiger partial charge on any atom is 0.472 e. The van der Waals surface area contributed by atoms with Gasteiger partial charge in [0.15, 0.2) is 0 Å². The summed E-state index contributed by atoms with van der Waals surface area (Å²) in [5.74, 6) is -0.605. The van der Waals surface area contributed by atoms with E-state index in [1.807, 2.05) is 0 Å². The highest BCUT2D eigenvalue weighted by Gasteiger charge is 2.51. The highest BCUT2D eigenvalue weighted by molar-refractivity contribution is 7.47. The number of aliphatic hydroxyl groups excluding tert-OH is 7. The monoisotopic (exact) mass is 779 g/mol. The van der Waals surface area contributed by atoms with Gasteiger partial charge in [0.2, 0.25) is 5.91 Å². The zero-order valence-corrected chi connectivity index (χ0v) is 33.3. The number of nitrogens with one attached hydrogen (secondary N) is 1. The molecule has 0 radical (unpaired) electrons. The molecule has 8 unspecified atom stereocenters. The minimum atomic E-state index is -5.14. The van der Waals surface area contributed by atoms with Crippen LogP contribution in [0, 0.1) is 0 Å². The molecule has 14 heteroatoms. The van der Waals surface area contributed by atoms with Gasteiger partial charge in [-0.2, -0.15) is 0 Å². The van der Waals surface area contributed by atoms with Crippen LogP contribution in [0.25, 0.3) is 0 Å². The molecule has 13 nitrogen and oxygen atoms in total. The third kappa shape index (κ3) is 22.8. The van der Waals surface area contributed by atoms with Gasteiger partial charge < -0.3 is 46.0 Å². The molecule has 0 aliphatic heterocycles. The van der Waals surface area contributed by atoms with E-state index in [2.05, 4.69) is 31.3 Å². The lowest BCUT2D eigenvalue weighted by atomic mass is 9.85. The highest BCUT2D eigenvalue weighted by Crippen LogP contribution is 2.47. The summed E-state index contributed by atoms with van der Waals surface area (Å²) in [5, 5.41) is 74.0. The van der Waals surface area contributed by atoms with Crippen LogP contribution in [0.1, 0.15) is 155 Å². The predicted molar refractivity (Wildman–Crippen MR) is 206 cm³/mol. The van der Waals surface area contributed by atoms with Gasteiger partial charge in [-0.05, 0) is 32.1 Å². The molecule has 0 spiro atoms. The van der Waals surface area contributed by atoms with Crippen molar-refractivity contribution in [3.8, 4) is 0 Å². The zero-order valence-electron chi connectivity index (χ0n) is 32.4. The van der Waals surface area contributed by atoms with E-state index in [1.165, 1.54) is 83.1 Å². The Morgan fingerprint density at radius 2 is 1.11 bits per heavy atom. The molecule has 9 N–H and O–H groups in total. The summed E-state index contributed by atoms with van der Waals surface area (Å²) < 4.78 is 22.7. The van der Waals surface area contributed by atoms with Gasteiger partial charge >= 0.3 is 7.82 Å². The number of rotatable bonds is 32. The van der Waals surface area contributed by atoms with E-state index in [-0.39, 0.29) is 6.42 Å². The number of aliphatic hydroxyl groups is 7. The average Bonchev–Trinajstić information content (AvgIpc) is 3.12. The maximum atomic E-state index is 12.9. The smallest absolute Gasteiger partial charge is 0.393 e. The molecule has 0 aromatic carbocycles. The molecule has 1 fully saturated rings. The van der Waals surface area contributed by atoms with Crippen molar-refractivity contribution in [2.45, 2.75) is 210 Å². The number of amides is 1. The van der Waals surface area contributed by atoms with Crippen LogP contribution in [0.4, 0.5) is 0 Å². The Bertz CT molecular complexity index is 1020. The Morgan fingerprint density at radius 1 is 0.660 bits per heavy atom. The van der Waals surface area contributed by atoms with Crippen molar-refractivity contribution in [2.75, 3.05) is 6.61 Å². The van der Waals surface area contributed by atoms with Crippen molar-refractivity contribution in [2.24, 2.45) is 0 Å². The first kappa shape index (κ1) is 49.8. The molecule has 1 aliphatic rings. The number of phosphoric ester groups is 1. The number of carbonyl (C=O) groups is 1. The normalized spacial score (nSPS) is 25.1. The lowest BCUT2D eigenvalue weighted by molar-refractivity contribution is -0.220. The zero-order chi connectivity index (χ0) is 39.5. The van der Waals surface area contributed by atoms with Crippen LogP contribution in [-0.2, 0) is 18.4 Å². The van der Waals surface area contributed by atoms with Crippen molar-refractivity contribution in [1.82, 2.24) is 5.32 Å². The summed E-state index contributed by atoms with van der Waals surface area (Å²) >= 11 is 0. The fraction of sp³-hybridized carbons (Fsp3) is 0.872. The maximum absolute atomic E-state index is 12.9. The van der Waals surface area contributed by atoms with E-state index in [0.717, 1.165) is 44.9 Å². The van der Waals surface area contributed by atoms with Crippen molar-refractivity contribution < 1.29 is 59.0 Å². The summed E-state index contributed by atoms with van der Waals surface area (Å²) in [4.78, 5) is 23.3. The van der Waals surface area contributed by atoms with Gasteiger partial charge in [-0.1, -0.05) is 141 Å². The second-order valence-corrected chi connectivity index (χ2v) is 16.1. The molecular weight excluding hydrogens is 705 g/mol. The molecule has 1 amide bonds. The van der Waals surface area contributed by atoms with Gasteiger partial charge in [-0.3, -0.25) is 13.8 Å². The van der Waals surface area contributed by atoms with Crippen molar-refractivity contribution in [3.05, 3.63) is 24.3 Å². The minimum absolute atomic E-state index is 0.250. The van der Waals surface area contributed by atoms with Crippen molar-refractivity contribution in [3.63, 3.8) is 0 Å². The SMILES string of the molecule is CCCCCCC/C=C/CC/C=C/C(O)C(COP(=O)(O)OC1C(O)C(O)C(O)C(O)C1O)NC(=O)CC(O)CCCCCCCCCCCCCC. The first-order chi connectivity index (χ1) is 25.3. The van der Waals surface area contributed by atoms with Crippen LogP contribution < -0.4 is 5.32 Å². The Kier molecular flexibility index (Phi) is 28.2. The summed E-state index contributed by atoms with van der Waals surface area (Å²) in [7, 11) is -5.14. The summed E-state index contributed by atoms with van der Waals surface area (Å²) in [6.07, 6.45) is 15.8. The number of phosphoric acid groups is 1. The van der Waals surface area contributed by atoms with Gasteiger partial charge in [-0.25, -0.2) is 4.57 Å².